The first-order valence-corrected chi connectivity index (χ1v) is 21.2. The number of likely N-dealkylation sites (N-methyl/N-ethyl adjacent to an activating group) is 1. The molecular weight excluding hydrogens is 625 g/mol. The second-order valence-corrected chi connectivity index (χ2v) is 16.6. The second-order valence-electron chi connectivity index (χ2n) is 13.9. The van der Waals surface area contributed by atoms with Gasteiger partial charge in [0, 0.05) is 24.1 Å². The van der Waals surface area contributed by atoms with Crippen LogP contribution in [0.25, 0.3) is 0 Å². The molecule has 0 rings (SSSR count). The zero-order chi connectivity index (χ0) is 34.4. The summed E-state index contributed by atoms with van der Waals surface area (Å²) >= 11 is 6.01. The molecule has 0 fully saturated rings. The summed E-state index contributed by atoms with van der Waals surface area (Å²) in [5.41, 5.74) is 0. The molecule has 8 nitrogen and oxygen atoms in total. The molecule has 0 radical (unpaired) electrons. The molecule has 0 bridgehead atoms. The number of rotatable bonds is 34. The van der Waals surface area contributed by atoms with E-state index in [-0.39, 0.29) is 38.2 Å². The summed E-state index contributed by atoms with van der Waals surface area (Å²) < 4.78 is 34.9. The fourth-order valence-corrected chi connectivity index (χ4v) is 6.21. The molecule has 0 aliphatic carbocycles. The first-order valence-electron chi connectivity index (χ1n) is 18.7. The molecule has 274 valence electrons. The van der Waals surface area contributed by atoms with Crippen LogP contribution in [0.3, 0.4) is 0 Å². The van der Waals surface area contributed by atoms with Crippen molar-refractivity contribution < 1.29 is 37.2 Å². The van der Waals surface area contributed by atoms with Gasteiger partial charge in [0.05, 0.1) is 27.7 Å². The minimum Gasteiger partial charge on any atom is -0.462 e. The van der Waals surface area contributed by atoms with Crippen LogP contribution < -0.4 is 0 Å². The number of carbonyl (C=O) groups excluding carboxylic acids is 2. The van der Waals surface area contributed by atoms with Gasteiger partial charge in [0.1, 0.15) is 19.8 Å². The van der Waals surface area contributed by atoms with Gasteiger partial charge >= 0.3 is 18.9 Å². The molecule has 10 heteroatoms. The lowest BCUT2D eigenvalue weighted by Crippen LogP contribution is -2.37. The van der Waals surface area contributed by atoms with E-state index in [0.29, 0.717) is 17.4 Å². The van der Waals surface area contributed by atoms with E-state index in [1.54, 1.807) is 0 Å². The number of carbonyl (C=O) groups is 2. The van der Waals surface area contributed by atoms with Gasteiger partial charge < -0.3 is 14.0 Å². The van der Waals surface area contributed by atoms with Crippen LogP contribution in [0, 0.1) is 0 Å². The third-order valence-electron chi connectivity index (χ3n) is 8.12. The van der Waals surface area contributed by atoms with Crippen molar-refractivity contribution in [3.05, 3.63) is 0 Å². The molecule has 0 N–H and O–H groups in total. The Kier molecular flexibility index (Phi) is 30.0. The predicted octanol–water partition coefficient (Wildman–Crippen LogP) is 10.9. The van der Waals surface area contributed by atoms with Gasteiger partial charge in [-0.3, -0.25) is 18.6 Å². The highest BCUT2D eigenvalue weighted by Gasteiger charge is 2.27. The molecule has 0 aromatic carbocycles. The minimum absolute atomic E-state index is 0.154. The lowest BCUT2D eigenvalue weighted by Gasteiger charge is -2.24. The quantitative estimate of drug-likeness (QED) is 0.0286. The van der Waals surface area contributed by atoms with Crippen molar-refractivity contribution in [3.63, 3.8) is 0 Å². The third-order valence-corrected chi connectivity index (χ3v) is 9.65. The zero-order valence-corrected chi connectivity index (χ0v) is 32.2. The Labute approximate surface area is 288 Å². The van der Waals surface area contributed by atoms with Gasteiger partial charge in [-0.05, 0) is 12.8 Å². The number of hydrogen-bond donors (Lipinski definition) is 0. The monoisotopic (exact) mass is 696 g/mol. The molecule has 0 amide bonds. The molecule has 0 saturated carbocycles. The SMILES string of the molecule is CCCCCCCCCCCCCC(=O)OC[C@H](COP(=O)(Cl)OCC[N+](C)(C)C)OC(=O)CCCCCCCCCCCCC. The van der Waals surface area contributed by atoms with Crippen molar-refractivity contribution in [2.75, 3.05) is 47.5 Å². The Hall–Kier alpha value is -0.660. The molecule has 1 unspecified atom stereocenters. The van der Waals surface area contributed by atoms with Crippen molar-refractivity contribution in [1.82, 2.24) is 0 Å². The lowest BCUT2D eigenvalue weighted by atomic mass is 10.1. The van der Waals surface area contributed by atoms with Gasteiger partial charge in [-0.1, -0.05) is 142 Å². The normalized spacial score (nSPS) is 13.8. The maximum absolute atomic E-state index is 12.6. The zero-order valence-electron chi connectivity index (χ0n) is 30.5. The van der Waals surface area contributed by atoms with Crippen molar-refractivity contribution in [2.24, 2.45) is 0 Å². The van der Waals surface area contributed by atoms with E-state index in [0.717, 1.165) is 38.5 Å². The number of unbranched alkanes of at least 4 members (excludes halogenated alkanes) is 20. The molecule has 0 aliphatic heterocycles. The van der Waals surface area contributed by atoms with E-state index >= 15 is 0 Å². The van der Waals surface area contributed by atoms with Gasteiger partial charge in [-0.25, -0.2) is 4.57 Å². The number of nitrogens with zero attached hydrogens (tertiary/aromatic N) is 1. The molecule has 2 atom stereocenters. The summed E-state index contributed by atoms with van der Waals surface area (Å²) in [5, 5.41) is 0. The molecular formula is C36H72ClNO7P+. The Morgan fingerprint density at radius 1 is 0.587 bits per heavy atom. The molecule has 0 saturated heterocycles. The van der Waals surface area contributed by atoms with Crippen LogP contribution in [0.2, 0.25) is 0 Å². The second kappa shape index (κ2) is 30.4. The van der Waals surface area contributed by atoms with E-state index in [2.05, 4.69) is 13.8 Å². The first kappa shape index (κ1) is 45.3. The molecule has 0 spiro atoms. The van der Waals surface area contributed by atoms with Gasteiger partial charge in [-0.2, -0.15) is 0 Å². The lowest BCUT2D eigenvalue weighted by molar-refractivity contribution is -0.870. The number of ether oxygens (including phenoxy) is 2. The average molecular weight is 697 g/mol. The Morgan fingerprint density at radius 3 is 1.39 bits per heavy atom. The van der Waals surface area contributed by atoms with Crippen molar-refractivity contribution in [2.45, 2.75) is 174 Å². The maximum Gasteiger partial charge on any atom is 0.424 e. The molecule has 46 heavy (non-hydrogen) atoms. The highest BCUT2D eigenvalue weighted by Crippen LogP contribution is 2.53. The third kappa shape index (κ3) is 33.2. The van der Waals surface area contributed by atoms with Crippen LogP contribution in [0.5, 0.6) is 0 Å². The Bertz CT molecular complexity index is 778. The summed E-state index contributed by atoms with van der Waals surface area (Å²) in [6.45, 7) is 0.895. The van der Waals surface area contributed by atoms with E-state index in [1.165, 1.54) is 103 Å². The van der Waals surface area contributed by atoms with Crippen LogP contribution in [-0.2, 0) is 32.7 Å². The molecule has 0 aromatic heterocycles. The summed E-state index contributed by atoms with van der Waals surface area (Å²) in [6.07, 6.45) is 26.1. The summed E-state index contributed by atoms with van der Waals surface area (Å²) in [5.74, 6) is -0.725. The van der Waals surface area contributed by atoms with Crippen molar-refractivity contribution in [3.8, 4) is 0 Å². The summed E-state index contributed by atoms with van der Waals surface area (Å²) in [6, 6.07) is 0. The fourth-order valence-electron chi connectivity index (χ4n) is 5.12. The van der Waals surface area contributed by atoms with Crippen molar-refractivity contribution >= 4 is 30.1 Å². The van der Waals surface area contributed by atoms with Gasteiger partial charge in [0.2, 0.25) is 0 Å². The van der Waals surface area contributed by atoms with Crippen LogP contribution >= 0.6 is 18.2 Å². The van der Waals surface area contributed by atoms with Gasteiger partial charge in [0.25, 0.3) is 0 Å². The first-order chi connectivity index (χ1) is 22.0. The summed E-state index contributed by atoms with van der Waals surface area (Å²) in [7, 11) is 5.96. The smallest absolute Gasteiger partial charge is 0.424 e. The predicted molar refractivity (Wildman–Crippen MR) is 191 cm³/mol. The largest absolute Gasteiger partial charge is 0.462 e. The Morgan fingerprint density at radius 2 is 0.978 bits per heavy atom. The van der Waals surface area contributed by atoms with Crippen LogP contribution in [0.1, 0.15) is 168 Å². The molecule has 0 heterocycles. The van der Waals surface area contributed by atoms with E-state index in [4.69, 9.17) is 29.8 Å². The van der Waals surface area contributed by atoms with E-state index in [9.17, 15) is 14.2 Å². The van der Waals surface area contributed by atoms with Crippen LogP contribution in [0.15, 0.2) is 0 Å². The van der Waals surface area contributed by atoms with Crippen LogP contribution in [-0.4, -0.2) is 70.0 Å². The van der Waals surface area contributed by atoms with Crippen molar-refractivity contribution in [1.29, 1.82) is 0 Å². The molecule has 0 aromatic rings. The topological polar surface area (TPSA) is 88.1 Å². The highest BCUT2D eigenvalue weighted by atomic mass is 35.7. The number of esters is 2. The molecule has 0 aliphatic rings. The fraction of sp³-hybridized carbons (Fsp3) is 0.944. The Balaban J connectivity index is 4.44. The summed E-state index contributed by atoms with van der Waals surface area (Å²) in [4.78, 5) is 25.0. The minimum atomic E-state index is -3.88. The maximum atomic E-state index is 12.6. The number of quaternary nitrogens is 1. The standard InChI is InChI=1S/C36H72ClNO7P/c1-6-8-10-12-14-16-18-20-22-24-26-28-35(39)42-32-34(33-44-46(37,41)43-31-30-38(3,4)5)45-36(40)29-27-25-23-21-19-17-15-13-11-9-7-2/h34H,6-33H2,1-5H3/q+1/t34-,46?/m1/s1. The van der Waals surface area contributed by atoms with Crippen LogP contribution in [0.4, 0.5) is 0 Å². The van der Waals surface area contributed by atoms with E-state index < -0.39 is 13.1 Å². The highest BCUT2D eigenvalue weighted by molar-refractivity contribution is 7.81. The van der Waals surface area contributed by atoms with Gasteiger partial charge in [0.15, 0.2) is 6.10 Å². The average Bonchev–Trinajstić information content (AvgIpc) is 2.99. The van der Waals surface area contributed by atoms with Gasteiger partial charge in [-0.15, -0.1) is 0 Å². The number of hydrogen-bond acceptors (Lipinski definition) is 7. The number of halogens is 1. The van der Waals surface area contributed by atoms with E-state index in [1.807, 2.05) is 21.1 Å².